The number of hydrogen-bond donors (Lipinski definition) is 1. The summed E-state index contributed by atoms with van der Waals surface area (Å²) < 4.78 is 0. The second-order valence-electron chi connectivity index (χ2n) is 5.21. The van der Waals surface area contributed by atoms with Gasteiger partial charge in [-0.1, -0.05) is 69.8 Å². The highest BCUT2D eigenvalue weighted by molar-refractivity contribution is 5.66. The molecule has 0 saturated heterocycles. The van der Waals surface area contributed by atoms with Crippen LogP contribution in [-0.4, -0.2) is 11.1 Å². The first-order chi connectivity index (χ1) is 9.77. The lowest BCUT2D eigenvalue weighted by atomic mass is 10.1. The van der Waals surface area contributed by atoms with Crippen molar-refractivity contribution in [2.45, 2.75) is 84.0 Å². The molecule has 0 fully saturated rings. The molecular formula is C18H30O2. The van der Waals surface area contributed by atoms with Gasteiger partial charge in [0.1, 0.15) is 0 Å². The lowest BCUT2D eigenvalue weighted by Crippen LogP contribution is -1.93. The summed E-state index contributed by atoms with van der Waals surface area (Å²) in [5, 5.41) is 8.50. The van der Waals surface area contributed by atoms with Gasteiger partial charge >= 0.3 is 5.97 Å². The van der Waals surface area contributed by atoms with Crippen LogP contribution in [0, 0.1) is 11.8 Å². The van der Waals surface area contributed by atoms with Crippen molar-refractivity contribution in [2.75, 3.05) is 0 Å². The van der Waals surface area contributed by atoms with E-state index in [0.29, 0.717) is 6.42 Å². The van der Waals surface area contributed by atoms with Crippen molar-refractivity contribution in [1.29, 1.82) is 0 Å². The molecule has 0 radical (unpaired) electrons. The Hall–Kier alpha value is -1.23. The molecule has 0 heterocycles. The summed E-state index contributed by atoms with van der Waals surface area (Å²) in [6, 6.07) is 0. The van der Waals surface area contributed by atoms with Gasteiger partial charge in [-0.25, -0.2) is 0 Å². The van der Waals surface area contributed by atoms with E-state index in [4.69, 9.17) is 5.11 Å². The number of carbonyl (C=O) groups is 1. The van der Waals surface area contributed by atoms with Gasteiger partial charge in [0.25, 0.3) is 0 Å². The Labute approximate surface area is 124 Å². The quantitative estimate of drug-likeness (QED) is 0.387. The van der Waals surface area contributed by atoms with Gasteiger partial charge in [-0.3, -0.25) is 4.79 Å². The standard InChI is InChI=1S/C18H30O2/c1-2-3-4-5-6-7-8-9-10-11-12-13-14-15-16-17-18(19)20/h3-4H,2,7-17H2,1H3,(H,19,20)/b4-3-. The third-order valence-corrected chi connectivity index (χ3v) is 3.23. The molecule has 0 aliphatic heterocycles. The molecule has 0 spiro atoms. The van der Waals surface area contributed by atoms with Crippen molar-refractivity contribution >= 4 is 5.97 Å². The monoisotopic (exact) mass is 278 g/mol. The zero-order valence-corrected chi connectivity index (χ0v) is 13.0. The van der Waals surface area contributed by atoms with Crippen molar-refractivity contribution in [2.24, 2.45) is 0 Å². The Morgan fingerprint density at radius 2 is 1.50 bits per heavy atom. The molecule has 0 rings (SSSR count). The molecule has 0 aromatic carbocycles. The minimum atomic E-state index is -0.668. The average Bonchev–Trinajstić information content (AvgIpc) is 2.43. The molecular weight excluding hydrogens is 248 g/mol. The van der Waals surface area contributed by atoms with Gasteiger partial charge in [-0.2, -0.15) is 0 Å². The summed E-state index contributed by atoms with van der Waals surface area (Å²) in [4.78, 5) is 10.3. The van der Waals surface area contributed by atoms with E-state index in [1.54, 1.807) is 0 Å². The van der Waals surface area contributed by atoms with E-state index in [2.05, 4.69) is 24.8 Å². The van der Waals surface area contributed by atoms with Gasteiger partial charge < -0.3 is 5.11 Å². The number of allylic oxidation sites excluding steroid dienone is 2. The number of rotatable bonds is 12. The second-order valence-corrected chi connectivity index (χ2v) is 5.21. The molecule has 0 aliphatic rings. The van der Waals surface area contributed by atoms with Crippen molar-refractivity contribution in [3.63, 3.8) is 0 Å². The maximum absolute atomic E-state index is 10.3. The maximum Gasteiger partial charge on any atom is 0.303 e. The number of carboxylic acids is 1. The minimum Gasteiger partial charge on any atom is -0.481 e. The van der Waals surface area contributed by atoms with E-state index < -0.39 is 5.97 Å². The summed E-state index contributed by atoms with van der Waals surface area (Å²) in [5.74, 6) is 5.55. The van der Waals surface area contributed by atoms with Crippen LogP contribution in [0.4, 0.5) is 0 Å². The third-order valence-electron chi connectivity index (χ3n) is 3.23. The molecule has 114 valence electrons. The van der Waals surface area contributed by atoms with Crippen LogP contribution in [0.2, 0.25) is 0 Å². The zero-order chi connectivity index (χ0) is 14.9. The summed E-state index contributed by atoms with van der Waals surface area (Å²) in [6.45, 7) is 2.12. The number of carboxylic acid groups (broad SMARTS) is 1. The molecule has 0 atom stereocenters. The Kier molecular flexibility index (Phi) is 14.9. The molecule has 0 aliphatic carbocycles. The molecule has 0 amide bonds. The summed E-state index contributed by atoms with van der Waals surface area (Å²) >= 11 is 0. The minimum absolute atomic E-state index is 0.328. The van der Waals surface area contributed by atoms with Crippen LogP contribution in [0.25, 0.3) is 0 Å². The third kappa shape index (κ3) is 16.8. The van der Waals surface area contributed by atoms with Gasteiger partial charge in [-0.15, -0.1) is 0 Å². The Bertz CT molecular complexity index is 307. The average molecular weight is 278 g/mol. The zero-order valence-electron chi connectivity index (χ0n) is 13.0. The van der Waals surface area contributed by atoms with Crippen LogP contribution in [0.5, 0.6) is 0 Å². The Morgan fingerprint density at radius 3 is 2.05 bits per heavy atom. The molecule has 0 aromatic rings. The van der Waals surface area contributed by atoms with E-state index >= 15 is 0 Å². The van der Waals surface area contributed by atoms with Gasteiger partial charge in [-0.05, 0) is 25.3 Å². The molecule has 1 N–H and O–H groups in total. The number of hydrogen-bond acceptors (Lipinski definition) is 1. The maximum atomic E-state index is 10.3. The molecule has 20 heavy (non-hydrogen) atoms. The van der Waals surface area contributed by atoms with Crippen molar-refractivity contribution in [1.82, 2.24) is 0 Å². The van der Waals surface area contributed by atoms with Crippen LogP contribution in [-0.2, 0) is 4.79 Å². The van der Waals surface area contributed by atoms with E-state index in [1.807, 2.05) is 6.08 Å². The van der Waals surface area contributed by atoms with Crippen LogP contribution in [0.3, 0.4) is 0 Å². The Balaban J connectivity index is 3.11. The normalized spacial score (nSPS) is 10.4. The first-order valence-corrected chi connectivity index (χ1v) is 8.12. The van der Waals surface area contributed by atoms with E-state index in [0.717, 1.165) is 25.7 Å². The van der Waals surface area contributed by atoms with Crippen LogP contribution in [0.1, 0.15) is 84.0 Å². The number of aliphatic carboxylic acids is 1. The highest BCUT2D eigenvalue weighted by Gasteiger charge is 1.96. The molecule has 0 saturated carbocycles. The topological polar surface area (TPSA) is 37.3 Å². The summed E-state index contributed by atoms with van der Waals surface area (Å²) in [6.07, 6.45) is 17.2. The predicted molar refractivity (Wildman–Crippen MR) is 85.6 cm³/mol. The second kappa shape index (κ2) is 15.8. The highest BCUT2D eigenvalue weighted by atomic mass is 16.4. The lowest BCUT2D eigenvalue weighted by molar-refractivity contribution is -0.137. The van der Waals surface area contributed by atoms with E-state index in [-0.39, 0.29) is 0 Å². The van der Waals surface area contributed by atoms with Gasteiger partial charge in [0.2, 0.25) is 0 Å². The van der Waals surface area contributed by atoms with Crippen molar-refractivity contribution in [3.05, 3.63) is 12.2 Å². The highest BCUT2D eigenvalue weighted by Crippen LogP contribution is 2.11. The molecule has 2 nitrogen and oxygen atoms in total. The first kappa shape index (κ1) is 18.8. The van der Waals surface area contributed by atoms with Gasteiger partial charge in [0.05, 0.1) is 0 Å². The largest absolute Gasteiger partial charge is 0.481 e. The molecule has 0 aromatic heterocycles. The predicted octanol–water partition coefficient (Wildman–Crippen LogP) is 5.33. The fourth-order valence-corrected chi connectivity index (χ4v) is 2.03. The SMILES string of the molecule is CC/C=C\C#CCCCCCCCCCCCC(=O)O. The number of unbranched alkanes of at least 4 members (excludes halogenated alkanes) is 9. The van der Waals surface area contributed by atoms with Crippen molar-refractivity contribution < 1.29 is 9.90 Å². The molecule has 0 bridgehead atoms. The fourth-order valence-electron chi connectivity index (χ4n) is 2.03. The van der Waals surface area contributed by atoms with Crippen LogP contribution >= 0.6 is 0 Å². The fraction of sp³-hybridized carbons (Fsp3) is 0.722. The summed E-state index contributed by atoms with van der Waals surface area (Å²) in [7, 11) is 0. The van der Waals surface area contributed by atoms with Gasteiger partial charge in [0, 0.05) is 12.8 Å². The van der Waals surface area contributed by atoms with Crippen LogP contribution in [0.15, 0.2) is 12.2 Å². The van der Waals surface area contributed by atoms with Gasteiger partial charge in [0.15, 0.2) is 0 Å². The van der Waals surface area contributed by atoms with E-state index in [9.17, 15) is 4.79 Å². The smallest absolute Gasteiger partial charge is 0.303 e. The molecule has 0 unspecified atom stereocenters. The molecule has 2 heteroatoms. The first-order valence-electron chi connectivity index (χ1n) is 8.12. The summed E-state index contributed by atoms with van der Waals surface area (Å²) in [5.41, 5.74) is 0. The van der Waals surface area contributed by atoms with E-state index in [1.165, 1.54) is 44.9 Å². The van der Waals surface area contributed by atoms with Crippen LogP contribution < -0.4 is 0 Å². The lowest BCUT2D eigenvalue weighted by Gasteiger charge is -2.01. The van der Waals surface area contributed by atoms with Crippen molar-refractivity contribution in [3.8, 4) is 11.8 Å². The Morgan fingerprint density at radius 1 is 0.950 bits per heavy atom.